The number of nitrogens with zero attached hydrogens (tertiary/aromatic N) is 4. The van der Waals surface area contributed by atoms with Crippen molar-refractivity contribution in [2.45, 2.75) is 10.9 Å². The second-order valence-electron chi connectivity index (χ2n) is 4.53. The van der Waals surface area contributed by atoms with E-state index in [2.05, 4.69) is 10.2 Å². The van der Waals surface area contributed by atoms with Crippen LogP contribution in [0.1, 0.15) is 5.56 Å². The molecule has 0 amide bonds. The molecular weight excluding hydrogens is 358 g/mol. The third-order valence-electron chi connectivity index (χ3n) is 2.94. The van der Waals surface area contributed by atoms with Gasteiger partial charge in [-0.05, 0) is 17.7 Å². The molecule has 7 nitrogen and oxygen atoms in total. The molecule has 0 fully saturated rings. The quantitative estimate of drug-likeness (QED) is 0.320. The predicted molar refractivity (Wildman–Crippen MR) is 91.2 cm³/mol. The van der Waals surface area contributed by atoms with Crippen molar-refractivity contribution in [3.63, 3.8) is 0 Å². The van der Waals surface area contributed by atoms with E-state index in [-0.39, 0.29) is 5.00 Å². The molecule has 0 bridgehead atoms. The molecule has 10 heteroatoms. The van der Waals surface area contributed by atoms with Gasteiger partial charge in [0, 0.05) is 27.8 Å². The van der Waals surface area contributed by atoms with Gasteiger partial charge >= 0.3 is 5.00 Å². The van der Waals surface area contributed by atoms with Gasteiger partial charge in [-0.25, -0.2) is 4.68 Å². The van der Waals surface area contributed by atoms with Gasteiger partial charge < -0.3 is 5.84 Å². The Morgan fingerprint density at radius 2 is 2.22 bits per heavy atom. The first-order valence-corrected chi connectivity index (χ1v) is 8.60. The smallest absolute Gasteiger partial charge is 0.324 e. The van der Waals surface area contributed by atoms with Crippen molar-refractivity contribution in [1.29, 1.82) is 0 Å². The monoisotopic (exact) mass is 367 g/mol. The van der Waals surface area contributed by atoms with Crippen LogP contribution in [0.5, 0.6) is 0 Å². The maximum atomic E-state index is 10.7. The van der Waals surface area contributed by atoms with E-state index in [1.807, 2.05) is 12.1 Å². The summed E-state index contributed by atoms with van der Waals surface area (Å²) in [5, 5.41) is 21.8. The average Bonchev–Trinajstić information content (AvgIpc) is 3.12. The maximum Gasteiger partial charge on any atom is 0.324 e. The molecule has 2 aromatic heterocycles. The van der Waals surface area contributed by atoms with Gasteiger partial charge in [-0.3, -0.25) is 10.1 Å². The fourth-order valence-corrected chi connectivity index (χ4v) is 3.69. The second kappa shape index (κ2) is 6.57. The van der Waals surface area contributed by atoms with E-state index < -0.39 is 4.92 Å². The van der Waals surface area contributed by atoms with Gasteiger partial charge in [-0.15, -0.1) is 10.2 Å². The molecule has 0 saturated carbocycles. The molecule has 3 rings (SSSR count). The molecular formula is C13H10ClN5O2S2. The van der Waals surface area contributed by atoms with Crippen LogP contribution in [0.3, 0.4) is 0 Å². The Bertz CT molecular complexity index is 864. The summed E-state index contributed by atoms with van der Waals surface area (Å²) in [6.45, 7) is 0. The van der Waals surface area contributed by atoms with Gasteiger partial charge in [-0.1, -0.05) is 46.8 Å². The molecule has 0 unspecified atom stereocenters. The van der Waals surface area contributed by atoms with Crippen LogP contribution in [-0.4, -0.2) is 19.8 Å². The van der Waals surface area contributed by atoms with E-state index >= 15 is 0 Å². The minimum Gasteiger partial charge on any atom is -0.335 e. The Kier molecular flexibility index (Phi) is 4.51. The lowest BCUT2D eigenvalue weighted by Crippen LogP contribution is -2.11. The summed E-state index contributed by atoms with van der Waals surface area (Å²) >= 11 is 8.43. The number of benzene rings is 1. The van der Waals surface area contributed by atoms with E-state index in [4.69, 9.17) is 17.4 Å². The van der Waals surface area contributed by atoms with Crippen LogP contribution in [0, 0.1) is 10.1 Å². The zero-order valence-corrected chi connectivity index (χ0v) is 13.9. The topological polar surface area (TPSA) is 99.9 Å². The van der Waals surface area contributed by atoms with Crippen LogP contribution < -0.4 is 5.84 Å². The minimum absolute atomic E-state index is 0.120. The fourth-order valence-electron chi connectivity index (χ4n) is 1.88. The summed E-state index contributed by atoms with van der Waals surface area (Å²) in [6.07, 6.45) is 0. The van der Waals surface area contributed by atoms with E-state index in [0.29, 0.717) is 21.8 Å². The van der Waals surface area contributed by atoms with Crippen LogP contribution in [-0.2, 0) is 5.75 Å². The number of halogens is 1. The van der Waals surface area contributed by atoms with Gasteiger partial charge in [0.2, 0.25) is 5.16 Å². The summed E-state index contributed by atoms with van der Waals surface area (Å²) in [4.78, 5) is 10.3. The number of hydrogen-bond donors (Lipinski definition) is 1. The van der Waals surface area contributed by atoms with E-state index in [1.54, 1.807) is 23.6 Å². The highest BCUT2D eigenvalue weighted by atomic mass is 35.5. The van der Waals surface area contributed by atoms with Crippen molar-refractivity contribution in [3.8, 4) is 11.4 Å². The van der Waals surface area contributed by atoms with Crippen LogP contribution in [0.25, 0.3) is 11.4 Å². The summed E-state index contributed by atoms with van der Waals surface area (Å²) in [5.74, 6) is 7.05. The first-order valence-electron chi connectivity index (χ1n) is 6.35. The number of nitrogens with two attached hydrogens (primary N) is 1. The summed E-state index contributed by atoms with van der Waals surface area (Å²) in [6, 6.07) is 8.72. The Labute approximate surface area is 144 Å². The Hall–Kier alpha value is -2.10. The zero-order chi connectivity index (χ0) is 16.4. The molecule has 2 heterocycles. The number of nitro groups is 1. The molecule has 0 radical (unpaired) electrons. The van der Waals surface area contributed by atoms with E-state index in [1.165, 1.54) is 16.4 Å². The van der Waals surface area contributed by atoms with E-state index in [0.717, 1.165) is 22.5 Å². The lowest BCUT2D eigenvalue weighted by atomic mass is 10.2. The lowest BCUT2D eigenvalue weighted by Gasteiger charge is -2.03. The van der Waals surface area contributed by atoms with Gasteiger partial charge in [0.15, 0.2) is 5.82 Å². The highest BCUT2D eigenvalue weighted by Gasteiger charge is 2.14. The number of hydrogen-bond acceptors (Lipinski definition) is 7. The predicted octanol–water partition coefficient (Wildman–Crippen LogP) is 3.57. The fraction of sp³-hybridized carbons (Fsp3) is 0.0769. The van der Waals surface area contributed by atoms with Crippen LogP contribution in [0.15, 0.2) is 40.9 Å². The maximum absolute atomic E-state index is 10.7. The molecule has 0 saturated heterocycles. The summed E-state index contributed by atoms with van der Waals surface area (Å²) < 4.78 is 1.39. The van der Waals surface area contributed by atoms with Crippen molar-refractivity contribution in [3.05, 3.63) is 56.4 Å². The standard InChI is InChI=1S/C13H10ClN5O2S2/c14-10-3-1-2-9(5-10)12-16-17-13(18(12)15)23-7-8-4-11(19(20)21)22-6-8/h1-6H,7,15H2. The third-order valence-corrected chi connectivity index (χ3v) is 5.11. The number of rotatable bonds is 5. The normalized spacial score (nSPS) is 10.8. The van der Waals surface area contributed by atoms with Gasteiger partial charge in [0.05, 0.1) is 4.92 Å². The molecule has 0 aliphatic carbocycles. The second-order valence-corrected chi connectivity index (χ2v) is 6.79. The Morgan fingerprint density at radius 1 is 1.39 bits per heavy atom. The number of thiophene rings is 1. The number of nitrogen functional groups attached to an aromatic ring is 1. The molecule has 0 atom stereocenters. The SMILES string of the molecule is Nn1c(SCc2csc([N+](=O)[O-])c2)nnc1-c1cccc(Cl)c1. The van der Waals surface area contributed by atoms with Crippen molar-refractivity contribution >= 4 is 39.7 Å². The molecule has 0 aliphatic rings. The van der Waals surface area contributed by atoms with Crippen molar-refractivity contribution < 1.29 is 4.92 Å². The van der Waals surface area contributed by atoms with E-state index in [9.17, 15) is 10.1 Å². The molecule has 1 aromatic carbocycles. The zero-order valence-electron chi connectivity index (χ0n) is 11.5. The molecule has 3 aromatic rings. The first kappa shape index (κ1) is 15.8. The first-order chi connectivity index (χ1) is 11.0. The van der Waals surface area contributed by atoms with Crippen LogP contribution >= 0.6 is 34.7 Å². The number of aromatic nitrogens is 3. The van der Waals surface area contributed by atoms with Crippen molar-refractivity contribution in [1.82, 2.24) is 14.9 Å². The minimum atomic E-state index is -0.401. The molecule has 118 valence electrons. The molecule has 23 heavy (non-hydrogen) atoms. The Balaban J connectivity index is 1.75. The molecule has 0 aliphatic heterocycles. The highest BCUT2D eigenvalue weighted by molar-refractivity contribution is 7.98. The highest BCUT2D eigenvalue weighted by Crippen LogP contribution is 2.29. The largest absolute Gasteiger partial charge is 0.335 e. The van der Waals surface area contributed by atoms with Crippen LogP contribution in [0.2, 0.25) is 5.02 Å². The molecule has 2 N–H and O–H groups in total. The van der Waals surface area contributed by atoms with Gasteiger partial charge in [-0.2, -0.15) is 0 Å². The van der Waals surface area contributed by atoms with Crippen molar-refractivity contribution in [2.75, 3.05) is 5.84 Å². The lowest BCUT2D eigenvalue weighted by molar-refractivity contribution is -0.380. The third kappa shape index (κ3) is 3.46. The molecule has 0 spiro atoms. The number of thioether (sulfide) groups is 1. The van der Waals surface area contributed by atoms with Gasteiger partial charge in [0.25, 0.3) is 0 Å². The summed E-state index contributed by atoms with van der Waals surface area (Å²) in [7, 11) is 0. The Morgan fingerprint density at radius 3 is 2.91 bits per heavy atom. The summed E-state index contributed by atoms with van der Waals surface area (Å²) in [5.41, 5.74) is 1.62. The average molecular weight is 368 g/mol. The van der Waals surface area contributed by atoms with Crippen molar-refractivity contribution in [2.24, 2.45) is 0 Å². The van der Waals surface area contributed by atoms with Gasteiger partial charge in [0.1, 0.15) is 0 Å². The van der Waals surface area contributed by atoms with Crippen LogP contribution in [0.4, 0.5) is 5.00 Å².